The van der Waals surface area contributed by atoms with Gasteiger partial charge in [0.1, 0.15) is 0 Å². The molecule has 2 aromatic rings. The standard InChI is InChI=1S/C14H16N4O/c19-14(18-11-6-10-5-9(11)7-17-10)13-12-8(1-3-15-12)2-4-16-13/h1-4,9-11,15,17H,5-7H2,(H,18,19). The Morgan fingerprint density at radius 3 is 3.11 bits per heavy atom. The van der Waals surface area contributed by atoms with Gasteiger partial charge in [0.2, 0.25) is 0 Å². The molecule has 2 fully saturated rings. The van der Waals surface area contributed by atoms with Gasteiger partial charge >= 0.3 is 0 Å². The van der Waals surface area contributed by atoms with Crippen molar-refractivity contribution in [3.05, 3.63) is 30.2 Å². The maximum absolute atomic E-state index is 12.4. The predicted molar refractivity (Wildman–Crippen MR) is 71.9 cm³/mol. The van der Waals surface area contributed by atoms with E-state index in [2.05, 4.69) is 20.6 Å². The van der Waals surface area contributed by atoms with Crippen LogP contribution in [0.25, 0.3) is 10.9 Å². The summed E-state index contributed by atoms with van der Waals surface area (Å²) in [6, 6.07) is 4.74. The van der Waals surface area contributed by atoms with Gasteiger partial charge in [-0.3, -0.25) is 4.79 Å². The fourth-order valence-electron chi connectivity index (χ4n) is 3.40. The van der Waals surface area contributed by atoms with Crippen LogP contribution in [0.5, 0.6) is 0 Å². The maximum Gasteiger partial charge on any atom is 0.272 e. The Bertz CT molecular complexity index is 635. The zero-order valence-electron chi connectivity index (χ0n) is 10.5. The number of piperidine rings is 1. The third-order valence-corrected chi connectivity index (χ3v) is 4.37. The van der Waals surface area contributed by atoms with Gasteiger partial charge in [-0.25, -0.2) is 4.98 Å². The average molecular weight is 256 g/mol. The number of nitrogens with one attached hydrogen (secondary N) is 3. The molecule has 5 nitrogen and oxygen atoms in total. The highest BCUT2D eigenvalue weighted by Crippen LogP contribution is 2.31. The number of nitrogens with zero attached hydrogens (tertiary/aromatic N) is 1. The summed E-state index contributed by atoms with van der Waals surface area (Å²) in [5, 5.41) is 7.62. The lowest BCUT2D eigenvalue weighted by Gasteiger charge is -2.23. The lowest BCUT2D eigenvalue weighted by Crippen LogP contribution is -2.44. The van der Waals surface area contributed by atoms with E-state index in [9.17, 15) is 4.79 Å². The van der Waals surface area contributed by atoms with Gasteiger partial charge in [-0.15, -0.1) is 0 Å². The Hall–Kier alpha value is -1.88. The number of aromatic nitrogens is 2. The van der Waals surface area contributed by atoms with E-state index in [4.69, 9.17) is 0 Å². The number of fused-ring (bicyclic) bond motifs is 3. The lowest BCUT2D eigenvalue weighted by atomic mass is 10.0. The number of rotatable bonds is 2. The van der Waals surface area contributed by atoms with Gasteiger partial charge in [-0.05, 0) is 30.9 Å². The van der Waals surface area contributed by atoms with E-state index >= 15 is 0 Å². The molecular formula is C14H16N4O. The van der Waals surface area contributed by atoms with E-state index in [1.807, 2.05) is 18.3 Å². The summed E-state index contributed by atoms with van der Waals surface area (Å²) in [6.45, 7) is 1.02. The number of aromatic amines is 1. The van der Waals surface area contributed by atoms with Crippen molar-refractivity contribution in [2.75, 3.05) is 6.54 Å². The normalized spacial score (nSPS) is 28.9. The van der Waals surface area contributed by atoms with Gasteiger partial charge in [0, 0.05) is 36.4 Å². The van der Waals surface area contributed by atoms with Crippen molar-refractivity contribution < 1.29 is 4.79 Å². The molecule has 3 N–H and O–H groups in total. The summed E-state index contributed by atoms with van der Waals surface area (Å²) >= 11 is 0. The van der Waals surface area contributed by atoms with Crippen molar-refractivity contribution in [1.82, 2.24) is 20.6 Å². The molecule has 0 spiro atoms. The highest BCUT2D eigenvalue weighted by Gasteiger charge is 2.40. The van der Waals surface area contributed by atoms with Gasteiger partial charge < -0.3 is 15.6 Å². The molecular weight excluding hydrogens is 240 g/mol. The molecule has 1 amide bonds. The molecule has 98 valence electrons. The summed E-state index contributed by atoms with van der Waals surface area (Å²) in [5.74, 6) is 0.516. The molecule has 1 aliphatic heterocycles. The molecule has 2 aromatic heterocycles. The second kappa shape index (κ2) is 4.06. The van der Waals surface area contributed by atoms with Crippen molar-refractivity contribution >= 4 is 16.8 Å². The van der Waals surface area contributed by atoms with Gasteiger partial charge in [0.15, 0.2) is 5.69 Å². The van der Waals surface area contributed by atoms with Crippen molar-refractivity contribution in [3.63, 3.8) is 0 Å². The smallest absolute Gasteiger partial charge is 0.272 e. The van der Waals surface area contributed by atoms with Gasteiger partial charge in [-0.1, -0.05) is 0 Å². The Labute approximate surface area is 110 Å². The minimum absolute atomic E-state index is 0.0643. The molecule has 1 saturated heterocycles. The zero-order valence-corrected chi connectivity index (χ0v) is 10.5. The molecule has 3 heterocycles. The van der Waals surface area contributed by atoms with Gasteiger partial charge in [0.25, 0.3) is 5.91 Å². The van der Waals surface area contributed by atoms with Crippen molar-refractivity contribution in [2.24, 2.45) is 5.92 Å². The zero-order chi connectivity index (χ0) is 12.8. The van der Waals surface area contributed by atoms with Crippen LogP contribution in [0.15, 0.2) is 24.5 Å². The monoisotopic (exact) mass is 256 g/mol. The van der Waals surface area contributed by atoms with E-state index in [1.54, 1.807) is 6.20 Å². The van der Waals surface area contributed by atoms with Crippen molar-refractivity contribution in [1.29, 1.82) is 0 Å². The van der Waals surface area contributed by atoms with Crippen LogP contribution < -0.4 is 10.6 Å². The molecule has 1 aliphatic carbocycles. The maximum atomic E-state index is 12.4. The number of amides is 1. The van der Waals surface area contributed by atoms with E-state index < -0.39 is 0 Å². The van der Waals surface area contributed by atoms with Crippen LogP contribution in [-0.2, 0) is 0 Å². The first kappa shape index (κ1) is 11.0. The summed E-state index contributed by atoms with van der Waals surface area (Å²) < 4.78 is 0. The SMILES string of the molecule is O=C(NC1CC2CC1CN2)c1nccc2cc[nH]c12. The highest BCUT2D eigenvalue weighted by atomic mass is 16.2. The second-order valence-electron chi connectivity index (χ2n) is 5.52. The fraction of sp³-hybridized carbons (Fsp3) is 0.429. The minimum Gasteiger partial charge on any atom is -0.359 e. The first-order valence-corrected chi connectivity index (χ1v) is 6.77. The molecule has 19 heavy (non-hydrogen) atoms. The van der Waals surface area contributed by atoms with Crippen LogP contribution in [0, 0.1) is 5.92 Å². The average Bonchev–Trinajstić information content (AvgIpc) is 3.13. The molecule has 1 saturated carbocycles. The molecule has 3 atom stereocenters. The van der Waals surface area contributed by atoms with Crippen LogP contribution >= 0.6 is 0 Å². The predicted octanol–water partition coefficient (Wildman–Crippen LogP) is 1.04. The van der Waals surface area contributed by atoms with E-state index in [1.165, 1.54) is 6.42 Å². The van der Waals surface area contributed by atoms with E-state index in [-0.39, 0.29) is 5.91 Å². The van der Waals surface area contributed by atoms with Gasteiger partial charge in [-0.2, -0.15) is 0 Å². The molecule has 2 bridgehead atoms. The number of carbonyl (C=O) groups is 1. The van der Waals surface area contributed by atoms with Crippen LogP contribution in [0.2, 0.25) is 0 Å². The van der Waals surface area contributed by atoms with Crippen LogP contribution in [0.3, 0.4) is 0 Å². The Morgan fingerprint density at radius 1 is 1.37 bits per heavy atom. The van der Waals surface area contributed by atoms with E-state index in [0.717, 1.165) is 23.9 Å². The third-order valence-electron chi connectivity index (χ3n) is 4.37. The Morgan fingerprint density at radius 2 is 2.32 bits per heavy atom. The molecule has 4 rings (SSSR count). The Kier molecular flexibility index (Phi) is 2.35. The molecule has 0 radical (unpaired) electrons. The summed E-state index contributed by atoms with van der Waals surface area (Å²) in [5.41, 5.74) is 1.32. The second-order valence-corrected chi connectivity index (χ2v) is 5.52. The summed E-state index contributed by atoms with van der Waals surface area (Å²) in [6.07, 6.45) is 5.75. The van der Waals surface area contributed by atoms with Crippen LogP contribution in [0.1, 0.15) is 23.3 Å². The van der Waals surface area contributed by atoms with Crippen molar-refractivity contribution in [2.45, 2.75) is 24.9 Å². The van der Waals surface area contributed by atoms with Crippen LogP contribution in [-0.4, -0.2) is 34.5 Å². The summed E-state index contributed by atoms with van der Waals surface area (Å²) in [4.78, 5) is 19.7. The minimum atomic E-state index is -0.0643. The first-order chi connectivity index (χ1) is 9.31. The number of H-pyrrole nitrogens is 1. The quantitative estimate of drug-likeness (QED) is 0.752. The fourth-order valence-corrected chi connectivity index (χ4v) is 3.40. The number of pyridine rings is 1. The molecule has 0 aromatic carbocycles. The van der Waals surface area contributed by atoms with E-state index in [0.29, 0.717) is 23.7 Å². The molecule has 2 aliphatic rings. The topological polar surface area (TPSA) is 69.8 Å². The molecule has 5 heteroatoms. The molecule has 3 unspecified atom stereocenters. The summed E-state index contributed by atoms with van der Waals surface area (Å²) in [7, 11) is 0. The Balaban J connectivity index is 1.59. The number of carbonyl (C=O) groups excluding carboxylic acids is 1. The largest absolute Gasteiger partial charge is 0.359 e. The lowest BCUT2D eigenvalue weighted by molar-refractivity contribution is 0.0921. The first-order valence-electron chi connectivity index (χ1n) is 6.77. The highest BCUT2D eigenvalue weighted by molar-refractivity contribution is 6.03. The number of hydrogen-bond donors (Lipinski definition) is 3. The van der Waals surface area contributed by atoms with Gasteiger partial charge in [0.05, 0.1) is 5.52 Å². The third kappa shape index (κ3) is 1.73. The van der Waals surface area contributed by atoms with Crippen molar-refractivity contribution in [3.8, 4) is 0 Å². The van der Waals surface area contributed by atoms with Crippen LogP contribution in [0.4, 0.5) is 0 Å². The number of hydrogen-bond acceptors (Lipinski definition) is 3.